The molecule has 32 heteroatoms. The lowest BCUT2D eigenvalue weighted by molar-refractivity contribution is -0.121. The number of hydrogen-bond acceptors (Lipinski definition) is 17. The van der Waals surface area contributed by atoms with Gasteiger partial charge in [0.25, 0.3) is 11.1 Å². The van der Waals surface area contributed by atoms with Crippen molar-refractivity contribution in [2.45, 2.75) is 101 Å². The number of ether oxygens (including phenoxy) is 2. The number of nitrogens with one attached hydrogen (secondary N) is 3. The summed E-state index contributed by atoms with van der Waals surface area (Å²) < 4.78 is 81.9. The van der Waals surface area contributed by atoms with Gasteiger partial charge in [-0.15, -0.1) is 0 Å². The van der Waals surface area contributed by atoms with Gasteiger partial charge in [0.2, 0.25) is 5.91 Å². The number of phosphoric ester groups is 2. The molecule has 356 valence electrons. The van der Waals surface area contributed by atoms with Gasteiger partial charge in [-0.3, -0.25) is 47.1 Å². The van der Waals surface area contributed by atoms with Gasteiger partial charge in [-0.25, -0.2) is 27.8 Å². The van der Waals surface area contributed by atoms with Crippen LogP contribution in [0.1, 0.15) is 88.6 Å². The number of amides is 1. The molecule has 4 rings (SSSR count). The molecule has 0 bridgehead atoms. The van der Waals surface area contributed by atoms with Crippen molar-refractivity contribution in [2.24, 2.45) is 0 Å². The first-order valence-electron chi connectivity index (χ1n) is 19.1. The maximum atomic E-state index is 12.5. The predicted molar refractivity (Wildman–Crippen MR) is 219 cm³/mol. The molecule has 63 heavy (non-hydrogen) atoms. The molecule has 2 aliphatic rings. The summed E-state index contributed by atoms with van der Waals surface area (Å²) in [4.78, 5) is 111. The van der Waals surface area contributed by atoms with Crippen LogP contribution in [-0.2, 0) is 54.7 Å². The SMILES string of the molecule is O=C(CCCCCCCCCOP(=O)(O)OCC1OC(n2cc(Br)c(=O)[nH]c2=O)CC1O)NC/C=C/c1cn(C2CCC(COP(=O)(O)OP(=O)(O)OP(=O)(O)O)O2)c(=O)[nH]c1=O. The molecule has 0 aliphatic carbocycles. The molecule has 8 unspecified atom stereocenters. The number of H-pyrrole nitrogens is 2. The number of phosphoric acid groups is 4. The Bertz CT molecular complexity index is 2350. The maximum absolute atomic E-state index is 12.5. The molecule has 2 aliphatic heterocycles. The van der Waals surface area contributed by atoms with E-state index < -0.39 is 97.8 Å². The van der Waals surface area contributed by atoms with Crippen molar-refractivity contribution in [3.05, 3.63) is 70.2 Å². The van der Waals surface area contributed by atoms with E-state index in [1.165, 1.54) is 24.5 Å². The Morgan fingerprint density at radius 2 is 1.40 bits per heavy atom. The number of carbonyl (C=O) groups is 1. The Hall–Kier alpha value is -2.55. The summed E-state index contributed by atoms with van der Waals surface area (Å²) in [6, 6.07) is 0. The van der Waals surface area contributed by atoms with Crippen LogP contribution in [0.3, 0.4) is 0 Å². The normalized spacial score (nSPS) is 23.4. The van der Waals surface area contributed by atoms with Crippen LogP contribution in [-0.4, -0.2) is 99.3 Å². The number of hydrogen-bond donors (Lipinski definition) is 9. The van der Waals surface area contributed by atoms with E-state index in [4.69, 9.17) is 28.3 Å². The standard InChI is InChI=1S/C31H48BrN5O22P4/c32-22-17-37(31(43)35-29(22)41)27-15-23(38)24(57-27)19-55-61(47,48)53-14-7-5-3-1-2-4-6-10-25(39)33-13-8-9-20-16-36(30(42)34-28(20)40)26-12-11-21(56-26)18-54-62(49,50)59-63(51,52)58-60(44,45)46/h8-9,16-17,21,23-24,26-27,38H,1-7,10-15,18-19H2,(H,33,39)(H,47,48)(H,49,50)(H,51,52)(H,34,40,42)(H,35,41,43)(H2,44,45,46)/b9-8+. The van der Waals surface area contributed by atoms with Gasteiger partial charge in [0, 0.05) is 31.8 Å². The highest BCUT2D eigenvalue weighted by molar-refractivity contribution is 9.10. The first kappa shape index (κ1) is 53.1. The Balaban J connectivity index is 1.05. The third-order valence-corrected chi connectivity index (χ3v) is 14.4. The zero-order valence-electron chi connectivity index (χ0n) is 33.1. The molecule has 9 N–H and O–H groups in total. The summed E-state index contributed by atoms with van der Waals surface area (Å²) in [7, 11) is -21.1. The van der Waals surface area contributed by atoms with Crippen molar-refractivity contribution in [3.8, 4) is 0 Å². The Morgan fingerprint density at radius 3 is 2.08 bits per heavy atom. The van der Waals surface area contributed by atoms with Crippen molar-refractivity contribution < 1.29 is 84.3 Å². The van der Waals surface area contributed by atoms with Crippen LogP contribution in [0.15, 0.2) is 42.1 Å². The molecule has 4 heterocycles. The van der Waals surface area contributed by atoms with Crippen LogP contribution in [0.25, 0.3) is 6.08 Å². The van der Waals surface area contributed by atoms with Gasteiger partial charge in [-0.05, 0) is 41.6 Å². The Kier molecular flexibility index (Phi) is 20.0. The molecule has 2 fully saturated rings. The Labute approximate surface area is 364 Å². The fourth-order valence-electron chi connectivity index (χ4n) is 6.14. The molecule has 0 radical (unpaired) electrons. The van der Waals surface area contributed by atoms with Crippen LogP contribution in [0, 0.1) is 0 Å². The minimum atomic E-state index is -5.70. The van der Waals surface area contributed by atoms with E-state index in [1.54, 1.807) is 0 Å². The van der Waals surface area contributed by atoms with E-state index in [1.807, 2.05) is 0 Å². The molecule has 27 nitrogen and oxygen atoms in total. The molecule has 0 spiro atoms. The number of aromatic amines is 2. The first-order valence-corrected chi connectivity index (χ1v) is 25.9. The summed E-state index contributed by atoms with van der Waals surface area (Å²) in [5.74, 6) is -0.223. The lowest BCUT2D eigenvalue weighted by Gasteiger charge is -2.19. The summed E-state index contributed by atoms with van der Waals surface area (Å²) in [6.45, 7) is -1.16. The van der Waals surface area contributed by atoms with Gasteiger partial charge in [0.15, 0.2) is 0 Å². The smallest absolute Gasteiger partial charge is 0.390 e. The van der Waals surface area contributed by atoms with Crippen LogP contribution in [0.2, 0.25) is 0 Å². The second kappa shape index (κ2) is 23.8. The molecule has 1 amide bonds. The first-order chi connectivity index (χ1) is 29.4. The second-order valence-corrected chi connectivity index (χ2v) is 20.8. The van der Waals surface area contributed by atoms with Crippen molar-refractivity contribution in [1.82, 2.24) is 24.4 Å². The van der Waals surface area contributed by atoms with Gasteiger partial charge < -0.3 is 44.4 Å². The molecule has 2 aromatic rings. The third-order valence-electron chi connectivity index (χ3n) is 9.09. The molecule has 8 atom stereocenters. The number of aromatic nitrogens is 4. The maximum Gasteiger partial charge on any atom is 0.490 e. The molecular formula is C31H48BrN5O22P4. The van der Waals surface area contributed by atoms with Crippen LogP contribution in [0.5, 0.6) is 0 Å². The largest absolute Gasteiger partial charge is 0.490 e. The van der Waals surface area contributed by atoms with E-state index in [9.17, 15) is 62.0 Å². The summed E-state index contributed by atoms with van der Waals surface area (Å²) >= 11 is 3.02. The van der Waals surface area contributed by atoms with E-state index >= 15 is 0 Å². The highest BCUT2D eigenvalue weighted by Gasteiger charge is 2.42. The quantitative estimate of drug-likeness (QED) is 0.0480. The van der Waals surface area contributed by atoms with E-state index in [0.29, 0.717) is 19.3 Å². The van der Waals surface area contributed by atoms with Crippen LogP contribution >= 0.6 is 47.2 Å². The number of halogens is 1. The Morgan fingerprint density at radius 1 is 0.778 bits per heavy atom. The number of aliphatic hydroxyl groups is 1. The van der Waals surface area contributed by atoms with Crippen molar-refractivity contribution in [2.75, 3.05) is 26.4 Å². The molecule has 2 aromatic heterocycles. The zero-order chi connectivity index (χ0) is 46.6. The number of nitrogens with zero attached hydrogens (tertiary/aromatic N) is 2. The molecule has 0 saturated carbocycles. The van der Waals surface area contributed by atoms with Crippen molar-refractivity contribution in [1.29, 1.82) is 0 Å². The van der Waals surface area contributed by atoms with Crippen LogP contribution < -0.4 is 27.8 Å². The summed E-state index contributed by atoms with van der Waals surface area (Å²) in [6.07, 6.45) is 5.96. The second-order valence-electron chi connectivity index (χ2n) is 14.0. The van der Waals surface area contributed by atoms with E-state index in [-0.39, 0.29) is 54.8 Å². The summed E-state index contributed by atoms with van der Waals surface area (Å²) in [5.41, 5.74) is -2.89. The number of aliphatic hydroxyl groups excluding tert-OH is 1. The number of unbranched alkanes of at least 4 members (excludes halogenated alkanes) is 6. The van der Waals surface area contributed by atoms with E-state index in [2.05, 4.69) is 44.4 Å². The fraction of sp³-hybridized carbons (Fsp3) is 0.645. The lowest BCUT2D eigenvalue weighted by Crippen LogP contribution is -2.33. The van der Waals surface area contributed by atoms with Gasteiger partial charge >= 0.3 is 42.7 Å². The van der Waals surface area contributed by atoms with Gasteiger partial charge in [0.1, 0.15) is 18.6 Å². The van der Waals surface area contributed by atoms with Gasteiger partial charge in [0.05, 0.1) is 42.1 Å². The highest BCUT2D eigenvalue weighted by atomic mass is 79.9. The molecule has 2 saturated heterocycles. The average Bonchev–Trinajstić information content (AvgIpc) is 3.79. The number of carbonyl (C=O) groups excluding carboxylic acids is 1. The molecule has 0 aromatic carbocycles. The van der Waals surface area contributed by atoms with Crippen molar-refractivity contribution >= 4 is 59.2 Å². The monoisotopic (exact) mass is 1050 g/mol. The minimum absolute atomic E-state index is 0.0248. The minimum Gasteiger partial charge on any atom is -0.390 e. The topological polar surface area (TPSA) is 393 Å². The average molecular weight is 1050 g/mol. The zero-order valence-corrected chi connectivity index (χ0v) is 38.2. The molecular weight excluding hydrogens is 998 g/mol. The lowest BCUT2D eigenvalue weighted by atomic mass is 10.1. The fourth-order valence-corrected chi connectivity index (χ4v) is 10.3. The third kappa shape index (κ3) is 18.3. The van der Waals surface area contributed by atoms with Gasteiger partial charge in [-0.2, -0.15) is 8.62 Å². The number of rotatable bonds is 26. The predicted octanol–water partition coefficient (Wildman–Crippen LogP) is 1.90. The van der Waals surface area contributed by atoms with Crippen LogP contribution in [0.4, 0.5) is 0 Å². The highest BCUT2D eigenvalue weighted by Crippen LogP contribution is 2.66. The summed E-state index contributed by atoms with van der Waals surface area (Å²) in [5, 5.41) is 13.0. The van der Waals surface area contributed by atoms with Crippen molar-refractivity contribution in [3.63, 3.8) is 0 Å². The van der Waals surface area contributed by atoms with E-state index in [0.717, 1.165) is 34.8 Å². The van der Waals surface area contributed by atoms with Gasteiger partial charge in [-0.1, -0.05) is 44.3 Å².